The number of hydrogen-bond acceptors (Lipinski definition) is 2. The fourth-order valence-corrected chi connectivity index (χ4v) is 0.959. The van der Waals surface area contributed by atoms with Crippen LogP contribution in [0.15, 0.2) is 29.0 Å². The molecule has 0 fully saturated rings. The van der Waals surface area contributed by atoms with E-state index < -0.39 is 0 Å². The van der Waals surface area contributed by atoms with E-state index in [0.29, 0.717) is 0 Å². The predicted octanol–water partition coefficient (Wildman–Crippen LogP) is 1.48. The average molecular weight is 147 g/mol. The molecule has 3 heteroatoms. The van der Waals surface area contributed by atoms with Gasteiger partial charge in [0.15, 0.2) is 11.6 Å². The summed E-state index contributed by atoms with van der Waals surface area (Å²) in [5, 5.41) is 0. The zero-order chi connectivity index (χ0) is 7.68. The van der Waals surface area contributed by atoms with Crippen LogP contribution in [0.4, 0.5) is 0 Å². The SMILES string of the molecule is Cn1[c]cnc1-c1ccco1. The number of imidazole rings is 1. The number of nitrogens with zero attached hydrogens (tertiary/aromatic N) is 2. The van der Waals surface area contributed by atoms with E-state index in [4.69, 9.17) is 4.42 Å². The van der Waals surface area contributed by atoms with Crippen molar-refractivity contribution in [1.29, 1.82) is 0 Å². The Balaban J connectivity index is 2.53. The van der Waals surface area contributed by atoms with Crippen molar-refractivity contribution < 1.29 is 4.42 Å². The van der Waals surface area contributed by atoms with E-state index in [1.807, 2.05) is 19.2 Å². The minimum atomic E-state index is 0.772. The molecule has 0 aliphatic rings. The van der Waals surface area contributed by atoms with Gasteiger partial charge in [-0.2, -0.15) is 0 Å². The molecule has 0 aliphatic carbocycles. The Kier molecular flexibility index (Phi) is 1.28. The second-order valence-electron chi connectivity index (χ2n) is 2.25. The van der Waals surface area contributed by atoms with Gasteiger partial charge in [-0.15, -0.1) is 0 Å². The van der Waals surface area contributed by atoms with Gasteiger partial charge >= 0.3 is 0 Å². The fraction of sp³-hybridized carbons (Fsp3) is 0.125. The van der Waals surface area contributed by atoms with Gasteiger partial charge in [0.2, 0.25) is 0 Å². The van der Waals surface area contributed by atoms with E-state index in [9.17, 15) is 0 Å². The molecule has 0 unspecified atom stereocenters. The molecule has 55 valence electrons. The number of rotatable bonds is 1. The van der Waals surface area contributed by atoms with Crippen LogP contribution in [0.3, 0.4) is 0 Å². The smallest absolute Gasteiger partial charge is 0.176 e. The van der Waals surface area contributed by atoms with Gasteiger partial charge in [-0.05, 0) is 12.1 Å². The molecule has 0 aromatic carbocycles. The van der Waals surface area contributed by atoms with E-state index in [1.54, 1.807) is 17.0 Å². The Morgan fingerprint density at radius 3 is 3.09 bits per heavy atom. The van der Waals surface area contributed by atoms with Crippen molar-refractivity contribution in [2.24, 2.45) is 7.05 Å². The van der Waals surface area contributed by atoms with Crippen molar-refractivity contribution in [2.45, 2.75) is 0 Å². The lowest BCUT2D eigenvalue weighted by atomic mass is 10.4. The standard InChI is InChI=1S/C8H7N2O/c1-10-5-4-9-8(10)7-3-2-6-11-7/h2-4,6H,1H3. The van der Waals surface area contributed by atoms with Crippen LogP contribution < -0.4 is 0 Å². The van der Waals surface area contributed by atoms with Crippen molar-refractivity contribution in [2.75, 3.05) is 0 Å². The van der Waals surface area contributed by atoms with Crippen LogP contribution in [0, 0.1) is 6.20 Å². The Morgan fingerprint density at radius 1 is 1.64 bits per heavy atom. The molecule has 3 nitrogen and oxygen atoms in total. The molecule has 11 heavy (non-hydrogen) atoms. The molecular weight excluding hydrogens is 140 g/mol. The maximum Gasteiger partial charge on any atom is 0.176 e. The molecule has 0 saturated heterocycles. The molecule has 0 spiro atoms. The summed E-state index contributed by atoms with van der Waals surface area (Å²) in [6, 6.07) is 3.71. The Bertz CT molecular complexity index is 335. The van der Waals surface area contributed by atoms with Gasteiger partial charge in [-0.25, -0.2) is 4.98 Å². The van der Waals surface area contributed by atoms with E-state index in [0.717, 1.165) is 11.6 Å². The van der Waals surface area contributed by atoms with Crippen molar-refractivity contribution in [3.8, 4) is 11.6 Å². The first-order chi connectivity index (χ1) is 5.38. The highest BCUT2D eigenvalue weighted by Gasteiger charge is 2.04. The van der Waals surface area contributed by atoms with Crippen molar-refractivity contribution in [3.05, 3.63) is 30.8 Å². The molecule has 2 aromatic heterocycles. The molecule has 0 aliphatic heterocycles. The van der Waals surface area contributed by atoms with Crippen LogP contribution in [0.1, 0.15) is 0 Å². The lowest BCUT2D eigenvalue weighted by molar-refractivity contribution is 0.574. The van der Waals surface area contributed by atoms with Crippen LogP contribution in [0.5, 0.6) is 0 Å². The summed E-state index contributed by atoms with van der Waals surface area (Å²) in [4.78, 5) is 4.07. The van der Waals surface area contributed by atoms with Gasteiger partial charge in [0, 0.05) is 7.05 Å². The summed E-state index contributed by atoms with van der Waals surface area (Å²) in [6.45, 7) is 0. The molecule has 2 aromatic rings. The highest BCUT2D eigenvalue weighted by Crippen LogP contribution is 2.15. The minimum Gasteiger partial charge on any atom is -0.461 e. The number of hydrogen-bond donors (Lipinski definition) is 0. The van der Waals surface area contributed by atoms with Gasteiger partial charge < -0.3 is 8.98 Å². The van der Waals surface area contributed by atoms with Gasteiger partial charge in [0.05, 0.1) is 18.7 Å². The van der Waals surface area contributed by atoms with Crippen molar-refractivity contribution in [1.82, 2.24) is 9.55 Å². The van der Waals surface area contributed by atoms with Crippen LogP contribution >= 0.6 is 0 Å². The topological polar surface area (TPSA) is 31.0 Å². The van der Waals surface area contributed by atoms with Crippen LogP contribution in [-0.4, -0.2) is 9.55 Å². The molecule has 1 radical (unpaired) electrons. The molecular formula is C8H7N2O. The Hall–Kier alpha value is -1.51. The molecule has 0 atom stereocenters. The molecule has 2 heterocycles. The quantitative estimate of drug-likeness (QED) is 0.611. The second kappa shape index (κ2) is 2.27. The molecule has 0 amide bonds. The molecule has 0 N–H and O–H groups in total. The first-order valence-electron chi connectivity index (χ1n) is 3.31. The van der Waals surface area contributed by atoms with E-state index in [1.165, 1.54) is 0 Å². The van der Waals surface area contributed by atoms with Crippen LogP contribution in [-0.2, 0) is 7.05 Å². The summed E-state index contributed by atoms with van der Waals surface area (Å²) < 4.78 is 6.95. The van der Waals surface area contributed by atoms with Crippen molar-refractivity contribution >= 4 is 0 Å². The van der Waals surface area contributed by atoms with E-state index >= 15 is 0 Å². The number of aryl methyl sites for hydroxylation is 1. The molecule has 0 bridgehead atoms. The third-order valence-corrected chi connectivity index (χ3v) is 1.50. The van der Waals surface area contributed by atoms with Gasteiger partial charge in [-0.3, -0.25) is 0 Å². The maximum absolute atomic E-state index is 5.16. The largest absolute Gasteiger partial charge is 0.461 e. The summed E-state index contributed by atoms with van der Waals surface area (Å²) in [5.41, 5.74) is 0. The fourth-order valence-electron chi connectivity index (χ4n) is 0.959. The maximum atomic E-state index is 5.16. The normalized spacial score (nSPS) is 10.3. The predicted molar refractivity (Wildman–Crippen MR) is 39.7 cm³/mol. The summed E-state index contributed by atoms with van der Waals surface area (Å²) >= 11 is 0. The summed E-state index contributed by atoms with van der Waals surface area (Å²) in [5.74, 6) is 1.57. The molecule has 0 saturated carbocycles. The minimum absolute atomic E-state index is 0.772. The third-order valence-electron chi connectivity index (χ3n) is 1.50. The summed E-state index contributed by atoms with van der Waals surface area (Å²) in [6.07, 6.45) is 6.15. The van der Waals surface area contributed by atoms with Gasteiger partial charge in [0.25, 0.3) is 0 Å². The third kappa shape index (κ3) is 0.941. The zero-order valence-corrected chi connectivity index (χ0v) is 6.11. The Labute approximate surface area is 64.3 Å². The second-order valence-corrected chi connectivity index (χ2v) is 2.25. The number of furan rings is 1. The zero-order valence-electron chi connectivity index (χ0n) is 6.11. The van der Waals surface area contributed by atoms with Crippen LogP contribution in [0.25, 0.3) is 11.6 Å². The van der Waals surface area contributed by atoms with Crippen LogP contribution in [0.2, 0.25) is 0 Å². The van der Waals surface area contributed by atoms with E-state index in [2.05, 4.69) is 11.2 Å². The highest BCUT2D eigenvalue weighted by atomic mass is 16.3. The monoisotopic (exact) mass is 147 g/mol. The highest BCUT2D eigenvalue weighted by molar-refractivity contribution is 5.46. The Morgan fingerprint density at radius 2 is 2.55 bits per heavy atom. The van der Waals surface area contributed by atoms with Gasteiger partial charge in [-0.1, -0.05) is 0 Å². The first-order valence-corrected chi connectivity index (χ1v) is 3.31. The van der Waals surface area contributed by atoms with E-state index in [-0.39, 0.29) is 0 Å². The summed E-state index contributed by atoms with van der Waals surface area (Å²) in [7, 11) is 1.88. The lowest BCUT2D eigenvalue weighted by Gasteiger charge is -1.94. The van der Waals surface area contributed by atoms with Crippen molar-refractivity contribution in [3.63, 3.8) is 0 Å². The number of aromatic nitrogens is 2. The lowest BCUT2D eigenvalue weighted by Crippen LogP contribution is -1.89. The first kappa shape index (κ1) is 6.22. The van der Waals surface area contributed by atoms with Gasteiger partial charge in [0.1, 0.15) is 0 Å². The average Bonchev–Trinajstić information content (AvgIpc) is 2.55. The molecule has 2 rings (SSSR count).